The third-order valence-electron chi connectivity index (χ3n) is 5.49. The minimum Gasteiger partial charge on any atom is -0.342 e. The summed E-state index contributed by atoms with van der Waals surface area (Å²) in [5.41, 5.74) is 5.59. The highest BCUT2D eigenvalue weighted by Gasteiger charge is 2.29. The molecule has 3 aromatic rings. The molecule has 2 aromatic carbocycles. The van der Waals surface area contributed by atoms with E-state index in [1.54, 1.807) is 12.1 Å². The predicted octanol–water partition coefficient (Wildman–Crippen LogP) is 5.34. The van der Waals surface area contributed by atoms with E-state index in [1.165, 1.54) is 23.6 Å². The normalized spacial score (nSPS) is 14.9. The largest absolute Gasteiger partial charge is 0.342 e. The average molecular weight is 372 g/mol. The first-order valence-corrected chi connectivity index (χ1v) is 9.50. The maximum absolute atomic E-state index is 13.5. The minimum atomic E-state index is -0.383. The van der Waals surface area contributed by atoms with Crippen molar-refractivity contribution in [1.82, 2.24) is 9.55 Å². The Morgan fingerprint density at radius 2 is 1.88 bits per heavy atom. The van der Waals surface area contributed by atoms with E-state index in [9.17, 15) is 4.39 Å². The van der Waals surface area contributed by atoms with E-state index in [4.69, 9.17) is 16.6 Å². The molecule has 0 spiro atoms. The zero-order chi connectivity index (χ0) is 18.4. The first kappa shape index (κ1) is 17.3. The van der Waals surface area contributed by atoms with E-state index in [1.807, 2.05) is 0 Å². The molecule has 0 N–H and O–H groups in total. The maximum Gasteiger partial charge on any atom is 0.206 e. The second-order valence-corrected chi connectivity index (χ2v) is 7.76. The van der Waals surface area contributed by atoms with Crippen LogP contribution in [0.4, 0.5) is 10.3 Å². The van der Waals surface area contributed by atoms with E-state index < -0.39 is 0 Å². The maximum atomic E-state index is 13.5. The molecule has 0 radical (unpaired) electrons. The summed E-state index contributed by atoms with van der Waals surface area (Å²) in [4.78, 5) is 7.26. The molecule has 0 amide bonds. The lowest BCUT2D eigenvalue weighted by molar-refractivity contribution is 0.389. The van der Waals surface area contributed by atoms with Gasteiger partial charge in [0.1, 0.15) is 5.82 Å². The lowest BCUT2D eigenvalue weighted by atomic mass is 9.98. The van der Waals surface area contributed by atoms with Crippen LogP contribution < -0.4 is 4.90 Å². The third-order valence-corrected chi connectivity index (χ3v) is 5.78. The molecule has 2 heterocycles. The van der Waals surface area contributed by atoms with Crippen LogP contribution in [0.25, 0.3) is 11.0 Å². The van der Waals surface area contributed by atoms with Crippen molar-refractivity contribution in [3.05, 3.63) is 57.9 Å². The first-order valence-electron chi connectivity index (χ1n) is 9.12. The van der Waals surface area contributed by atoms with E-state index in [-0.39, 0.29) is 10.8 Å². The van der Waals surface area contributed by atoms with Crippen LogP contribution in [0.3, 0.4) is 0 Å². The van der Waals surface area contributed by atoms with Gasteiger partial charge in [-0.2, -0.15) is 0 Å². The number of imidazole rings is 1. The Morgan fingerprint density at radius 3 is 2.58 bits per heavy atom. The van der Waals surface area contributed by atoms with Gasteiger partial charge in [-0.25, -0.2) is 9.37 Å². The lowest BCUT2D eigenvalue weighted by Crippen LogP contribution is -2.47. The molecule has 26 heavy (non-hydrogen) atoms. The van der Waals surface area contributed by atoms with Crippen molar-refractivity contribution in [2.24, 2.45) is 5.92 Å². The Hall–Kier alpha value is -2.07. The molecule has 1 aliphatic rings. The standard InChI is InChI=1S/C21H23ClFN3/c1-4-15-10-25(11-15)21-24-19-7-13(2)14(3)8-20(19)26(21)12-16-5-6-18(23)17(22)9-16/h5-9,15H,4,10-12H2,1-3H3. The molecule has 0 aliphatic carbocycles. The van der Waals surface area contributed by atoms with Crippen molar-refractivity contribution in [2.45, 2.75) is 33.7 Å². The van der Waals surface area contributed by atoms with Gasteiger partial charge in [0.15, 0.2) is 0 Å². The molecule has 136 valence electrons. The average Bonchev–Trinajstić information content (AvgIpc) is 2.88. The van der Waals surface area contributed by atoms with E-state index >= 15 is 0 Å². The number of aromatic nitrogens is 2. The summed E-state index contributed by atoms with van der Waals surface area (Å²) in [6.07, 6.45) is 1.20. The highest BCUT2D eigenvalue weighted by Crippen LogP contribution is 2.31. The molecule has 4 rings (SSSR count). The van der Waals surface area contributed by atoms with Crippen LogP contribution in [0.5, 0.6) is 0 Å². The molecule has 3 nitrogen and oxygen atoms in total. The van der Waals surface area contributed by atoms with Crippen molar-refractivity contribution in [1.29, 1.82) is 0 Å². The van der Waals surface area contributed by atoms with E-state index in [0.717, 1.165) is 41.6 Å². The molecular formula is C21H23ClFN3. The van der Waals surface area contributed by atoms with Crippen molar-refractivity contribution in [2.75, 3.05) is 18.0 Å². The summed E-state index contributed by atoms with van der Waals surface area (Å²) in [5.74, 6) is 1.35. The Labute approximate surface area is 158 Å². The number of benzene rings is 2. The van der Waals surface area contributed by atoms with Gasteiger partial charge in [-0.15, -0.1) is 0 Å². The van der Waals surface area contributed by atoms with Crippen LogP contribution in [-0.4, -0.2) is 22.6 Å². The van der Waals surface area contributed by atoms with Gasteiger partial charge in [0, 0.05) is 13.1 Å². The van der Waals surface area contributed by atoms with Gasteiger partial charge in [-0.05, 0) is 67.1 Å². The number of halogens is 2. The van der Waals surface area contributed by atoms with Crippen LogP contribution in [0, 0.1) is 25.6 Å². The summed E-state index contributed by atoms with van der Waals surface area (Å²) in [7, 11) is 0. The molecule has 5 heteroatoms. The molecule has 0 saturated carbocycles. The molecule has 1 aromatic heterocycles. The second kappa shape index (κ2) is 6.58. The van der Waals surface area contributed by atoms with Crippen LogP contribution in [-0.2, 0) is 6.54 Å². The Balaban J connectivity index is 1.79. The predicted molar refractivity (Wildman–Crippen MR) is 106 cm³/mol. The summed E-state index contributed by atoms with van der Waals surface area (Å²) in [5, 5.41) is 0.162. The van der Waals surface area contributed by atoms with Crippen molar-refractivity contribution in [3.8, 4) is 0 Å². The molecule has 1 fully saturated rings. The van der Waals surface area contributed by atoms with Crippen LogP contribution >= 0.6 is 11.6 Å². The fourth-order valence-electron chi connectivity index (χ4n) is 3.58. The number of nitrogens with zero attached hydrogens (tertiary/aromatic N) is 3. The fourth-order valence-corrected chi connectivity index (χ4v) is 3.78. The highest BCUT2D eigenvalue weighted by molar-refractivity contribution is 6.30. The molecule has 1 saturated heterocycles. The summed E-state index contributed by atoms with van der Waals surface area (Å²) in [6.45, 7) is 9.19. The minimum absolute atomic E-state index is 0.162. The van der Waals surface area contributed by atoms with Crippen molar-refractivity contribution < 1.29 is 4.39 Å². The van der Waals surface area contributed by atoms with Crippen LogP contribution in [0.2, 0.25) is 5.02 Å². The number of rotatable bonds is 4. The second-order valence-electron chi connectivity index (χ2n) is 7.35. The summed E-state index contributed by atoms with van der Waals surface area (Å²) >= 11 is 5.99. The Morgan fingerprint density at radius 1 is 1.15 bits per heavy atom. The van der Waals surface area contributed by atoms with Crippen molar-refractivity contribution >= 4 is 28.6 Å². The molecule has 0 unspecified atom stereocenters. The monoisotopic (exact) mass is 371 g/mol. The number of anilines is 1. The first-order chi connectivity index (χ1) is 12.5. The molecule has 0 atom stereocenters. The number of aryl methyl sites for hydroxylation is 2. The topological polar surface area (TPSA) is 21.1 Å². The number of hydrogen-bond acceptors (Lipinski definition) is 2. The molecule has 1 aliphatic heterocycles. The molecule has 0 bridgehead atoms. The zero-order valence-corrected chi connectivity index (χ0v) is 16.1. The van der Waals surface area contributed by atoms with Gasteiger partial charge < -0.3 is 9.47 Å². The van der Waals surface area contributed by atoms with Gasteiger partial charge in [0.25, 0.3) is 0 Å². The Kier molecular flexibility index (Phi) is 4.39. The molecular weight excluding hydrogens is 349 g/mol. The van der Waals surface area contributed by atoms with Gasteiger partial charge in [0.05, 0.1) is 22.6 Å². The van der Waals surface area contributed by atoms with Crippen LogP contribution in [0.1, 0.15) is 30.0 Å². The van der Waals surface area contributed by atoms with Gasteiger partial charge in [-0.1, -0.05) is 24.6 Å². The van der Waals surface area contributed by atoms with Gasteiger partial charge >= 0.3 is 0 Å². The summed E-state index contributed by atoms with van der Waals surface area (Å²) < 4.78 is 15.8. The Bertz CT molecular complexity index is 973. The van der Waals surface area contributed by atoms with Crippen molar-refractivity contribution in [3.63, 3.8) is 0 Å². The number of hydrogen-bond donors (Lipinski definition) is 0. The zero-order valence-electron chi connectivity index (χ0n) is 15.4. The van der Waals surface area contributed by atoms with Gasteiger partial charge in [0.2, 0.25) is 5.95 Å². The third kappa shape index (κ3) is 2.96. The van der Waals surface area contributed by atoms with Gasteiger partial charge in [-0.3, -0.25) is 0 Å². The van der Waals surface area contributed by atoms with Crippen LogP contribution in [0.15, 0.2) is 30.3 Å². The fraction of sp³-hybridized carbons (Fsp3) is 0.381. The smallest absolute Gasteiger partial charge is 0.206 e. The van der Waals surface area contributed by atoms with E-state index in [0.29, 0.717) is 6.54 Å². The summed E-state index contributed by atoms with van der Waals surface area (Å²) in [6, 6.07) is 9.28. The SMILES string of the molecule is CCC1CN(c2nc3cc(C)c(C)cc3n2Cc2ccc(F)c(Cl)c2)C1. The lowest BCUT2D eigenvalue weighted by Gasteiger charge is -2.39. The van der Waals surface area contributed by atoms with E-state index in [2.05, 4.69) is 42.4 Å². The highest BCUT2D eigenvalue weighted by atomic mass is 35.5. The number of fused-ring (bicyclic) bond motifs is 1. The quantitative estimate of drug-likeness (QED) is 0.617.